The van der Waals surface area contributed by atoms with E-state index in [4.69, 9.17) is 5.73 Å². The highest BCUT2D eigenvalue weighted by Gasteiger charge is 2.26. The van der Waals surface area contributed by atoms with Crippen molar-refractivity contribution in [3.63, 3.8) is 0 Å². The zero-order valence-electron chi connectivity index (χ0n) is 11.4. The van der Waals surface area contributed by atoms with Crippen LogP contribution < -0.4 is 11.1 Å². The van der Waals surface area contributed by atoms with Crippen LogP contribution in [0.5, 0.6) is 5.75 Å². The summed E-state index contributed by atoms with van der Waals surface area (Å²) in [4.78, 5) is 12.2. The van der Waals surface area contributed by atoms with E-state index >= 15 is 0 Å². The van der Waals surface area contributed by atoms with Crippen LogP contribution in [-0.2, 0) is 0 Å². The molecule has 104 valence electrons. The summed E-state index contributed by atoms with van der Waals surface area (Å²) < 4.78 is 0. The summed E-state index contributed by atoms with van der Waals surface area (Å²) in [7, 11) is 0. The molecule has 1 aromatic carbocycles. The molecular formula is C15H22N2O2. The number of phenols is 1. The van der Waals surface area contributed by atoms with Gasteiger partial charge in [0.25, 0.3) is 5.91 Å². The normalized spacial score (nSPS) is 17.4. The van der Waals surface area contributed by atoms with Crippen LogP contribution in [0.1, 0.15) is 41.6 Å². The first-order valence-corrected chi connectivity index (χ1v) is 6.93. The molecule has 4 nitrogen and oxygen atoms in total. The molecule has 1 unspecified atom stereocenters. The molecule has 1 amide bonds. The fourth-order valence-corrected chi connectivity index (χ4v) is 2.82. The van der Waals surface area contributed by atoms with Gasteiger partial charge in [-0.05, 0) is 37.3 Å². The van der Waals surface area contributed by atoms with Gasteiger partial charge in [0, 0.05) is 12.6 Å². The van der Waals surface area contributed by atoms with E-state index in [1.165, 1.54) is 12.8 Å². The first-order chi connectivity index (χ1) is 9.13. The van der Waals surface area contributed by atoms with E-state index in [0.29, 0.717) is 23.6 Å². The second kappa shape index (κ2) is 6.06. The molecule has 0 radical (unpaired) electrons. The van der Waals surface area contributed by atoms with Gasteiger partial charge in [0.1, 0.15) is 5.75 Å². The van der Waals surface area contributed by atoms with Gasteiger partial charge in [-0.25, -0.2) is 0 Å². The van der Waals surface area contributed by atoms with E-state index in [1.54, 1.807) is 25.1 Å². The van der Waals surface area contributed by atoms with E-state index in [2.05, 4.69) is 5.32 Å². The zero-order valence-corrected chi connectivity index (χ0v) is 11.4. The minimum Gasteiger partial charge on any atom is -0.507 e. The molecule has 1 aromatic rings. The number of amides is 1. The van der Waals surface area contributed by atoms with E-state index in [-0.39, 0.29) is 17.7 Å². The van der Waals surface area contributed by atoms with Crippen LogP contribution in [0.15, 0.2) is 18.2 Å². The monoisotopic (exact) mass is 262 g/mol. The Morgan fingerprint density at radius 1 is 1.47 bits per heavy atom. The first-order valence-electron chi connectivity index (χ1n) is 6.93. The topological polar surface area (TPSA) is 75.4 Å². The molecular weight excluding hydrogens is 240 g/mol. The van der Waals surface area contributed by atoms with Crippen LogP contribution in [0.3, 0.4) is 0 Å². The molecule has 2 rings (SSSR count). The molecule has 0 spiro atoms. The van der Waals surface area contributed by atoms with Crippen molar-refractivity contribution in [1.82, 2.24) is 5.32 Å². The van der Waals surface area contributed by atoms with E-state index in [1.807, 2.05) is 0 Å². The molecule has 4 heteroatoms. The van der Waals surface area contributed by atoms with Crippen LogP contribution in [0, 0.1) is 12.8 Å². The lowest BCUT2D eigenvalue weighted by Crippen LogP contribution is -2.44. The van der Waals surface area contributed by atoms with Crippen LogP contribution in [-0.4, -0.2) is 23.6 Å². The van der Waals surface area contributed by atoms with Gasteiger partial charge in [-0.2, -0.15) is 0 Å². The van der Waals surface area contributed by atoms with Gasteiger partial charge >= 0.3 is 0 Å². The van der Waals surface area contributed by atoms with Crippen LogP contribution in [0.2, 0.25) is 0 Å². The molecule has 0 bridgehead atoms. The van der Waals surface area contributed by atoms with Crippen molar-refractivity contribution in [1.29, 1.82) is 0 Å². The standard InChI is InChI=1S/C15H22N2O2/c1-10-5-4-8-12(14(10)18)15(19)17-13(9-16)11-6-2-3-7-11/h4-5,8,11,13,18H,2-3,6-7,9,16H2,1H3,(H,17,19). The second-order valence-corrected chi connectivity index (χ2v) is 5.33. The molecule has 1 atom stereocenters. The van der Waals surface area contributed by atoms with E-state index < -0.39 is 0 Å². The molecule has 1 fully saturated rings. The second-order valence-electron chi connectivity index (χ2n) is 5.33. The van der Waals surface area contributed by atoms with Crippen molar-refractivity contribution in [2.45, 2.75) is 38.6 Å². The fourth-order valence-electron chi connectivity index (χ4n) is 2.82. The number of nitrogens with one attached hydrogen (secondary N) is 1. The number of benzene rings is 1. The van der Waals surface area contributed by atoms with Gasteiger partial charge in [-0.3, -0.25) is 4.79 Å². The first kappa shape index (κ1) is 13.9. The molecule has 1 aliphatic carbocycles. The summed E-state index contributed by atoms with van der Waals surface area (Å²) in [5.41, 5.74) is 6.81. The van der Waals surface area contributed by atoms with Crippen molar-refractivity contribution in [2.75, 3.05) is 6.54 Å². The van der Waals surface area contributed by atoms with Crippen molar-refractivity contribution in [3.8, 4) is 5.75 Å². The Hall–Kier alpha value is -1.55. The lowest BCUT2D eigenvalue weighted by molar-refractivity contribution is 0.0921. The third-order valence-corrected chi connectivity index (χ3v) is 4.02. The SMILES string of the molecule is Cc1cccc(C(=O)NC(CN)C2CCCC2)c1O. The van der Waals surface area contributed by atoms with Gasteiger partial charge in [-0.1, -0.05) is 25.0 Å². The number of para-hydroxylation sites is 1. The summed E-state index contributed by atoms with van der Waals surface area (Å²) in [5, 5.41) is 12.9. The number of nitrogens with two attached hydrogens (primary N) is 1. The average Bonchev–Trinajstić information content (AvgIpc) is 2.92. The number of aromatic hydroxyl groups is 1. The lowest BCUT2D eigenvalue weighted by atomic mass is 9.97. The molecule has 0 saturated heterocycles. The number of hydrogen-bond acceptors (Lipinski definition) is 3. The molecule has 0 heterocycles. The van der Waals surface area contributed by atoms with Gasteiger partial charge in [0.05, 0.1) is 5.56 Å². The number of rotatable bonds is 4. The summed E-state index contributed by atoms with van der Waals surface area (Å²) in [6, 6.07) is 5.20. The predicted molar refractivity (Wildman–Crippen MR) is 75.1 cm³/mol. The fraction of sp³-hybridized carbons (Fsp3) is 0.533. The predicted octanol–water partition coefficient (Wildman–Crippen LogP) is 1.95. The molecule has 1 aliphatic rings. The minimum atomic E-state index is -0.233. The van der Waals surface area contributed by atoms with Crippen molar-refractivity contribution >= 4 is 5.91 Å². The van der Waals surface area contributed by atoms with E-state index in [9.17, 15) is 9.90 Å². The quantitative estimate of drug-likeness (QED) is 0.776. The number of carbonyl (C=O) groups excluding carboxylic acids is 1. The third kappa shape index (κ3) is 3.07. The van der Waals surface area contributed by atoms with Crippen LogP contribution in [0.4, 0.5) is 0 Å². The molecule has 19 heavy (non-hydrogen) atoms. The summed E-state index contributed by atoms with van der Waals surface area (Å²) >= 11 is 0. The Kier molecular flexibility index (Phi) is 4.43. The summed E-state index contributed by atoms with van der Waals surface area (Å²) in [6.45, 7) is 2.23. The number of hydrogen-bond donors (Lipinski definition) is 3. The Morgan fingerprint density at radius 2 is 2.16 bits per heavy atom. The third-order valence-electron chi connectivity index (χ3n) is 4.02. The summed E-state index contributed by atoms with van der Waals surface area (Å²) in [5.74, 6) is 0.298. The maximum Gasteiger partial charge on any atom is 0.255 e. The highest BCUT2D eigenvalue weighted by Crippen LogP contribution is 2.28. The molecule has 1 saturated carbocycles. The van der Waals surface area contributed by atoms with Gasteiger partial charge in [-0.15, -0.1) is 0 Å². The number of carbonyl (C=O) groups is 1. The Labute approximate surface area is 114 Å². The Morgan fingerprint density at radius 3 is 2.79 bits per heavy atom. The van der Waals surface area contributed by atoms with Crippen molar-refractivity contribution < 1.29 is 9.90 Å². The smallest absolute Gasteiger partial charge is 0.255 e. The Bertz CT molecular complexity index is 453. The van der Waals surface area contributed by atoms with Crippen LogP contribution >= 0.6 is 0 Å². The largest absolute Gasteiger partial charge is 0.507 e. The average molecular weight is 262 g/mol. The van der Waals surface area contributed by atoms with Gasteiger partial charge < -0.3 is 16.2 Å². The van der Waals surface area contributed by atoms with Crippen LogP contribution in [0.25, 0.3) is 0 Å². The Balaban J connectivity index is 2.08. The number of phenolic OH excluding ortho intramolecular Hbond substituents is 1. The maximum atomic E-state index is 12.2. The maximum absolute atomic E-state index is 12.2. The molecule has 0 aromatic heterocycles. The number of aryl methyl sites for hydroxylation is 1. The highest BCUT2D eigenvalue weighted by atomic mass is 16.3. The van der Waals surface area contributed by atoms with Crippen molar-refractivity contribution in [3.05, 3.63) is 29.3 Å². The lowest BCUT2D eigenvalue weighted by Gasteiger charge is -2.23. The summed E-state index contributed by atoms with van der Waals surface area (Å²) in [6.07, 6.45) is 4.68. The van der Waals surface area contributed by atoms with Gasteiger partial charge in [0.2, 0.25) is 0 Å². The zero-order chi connectivity index (χ0) is 13.8. The minimum absolute atomic E-state index is 0.00918. The van der Waals surface area contributed by atoms with Gasteiger partial charge in [0.15, 0.2) is 0 Å². The highest BCUT2D eigenvalue weighted by molar-refractivity contribution is 5.97. The molecule has 0 aliphatic heterocycles. The molecule has 4 N–H and O–H groups in total. The van der Waals surface area contributed by atoms with Crippen molar-refractivity contribution in [2.24, 2.45) is 11.7 Å². The van der Waals surface area contributed by atoms with E-state index in [0.717, 1.165) is 12.8 Å².